The molecule has 2 amide bonds. The van der Waals surface area contributed by atoms with Gasteiger partial charge in [0, 0.05) is 18.8 Å². The normalized spacial score (nSPS) is 15.2. The number of rotatable bonds is 5. The fourth-order valence-electron chi connectivity index (χ4n) is 2.89. The van der Waals surface area contributed by atoms with Crippen molar-refractivity contribution in [2.45, 2.75) is 31.3 Å². The van der Waals surface area contributed by atoms with E-state index in [1.54, 1.807) is 20.8 Å². The molecule has 1 fully saturated rings. The molecule has 0 atom stereocenters. The highest BCUT2D eigenvalue weighted by Crippen LogP contribution is 2.28. The molecule has 2 heterocycles. The number of nitrogens with one attached hydrogen (secondary N) is 2. The number of carbonyl (C=O) groups excluding carboxylic acids is 2. The van der Waals surface area contributed by atoms with Gasteiger partial charge in [-0.2, -0.15) is 4.31 Å². The van der Waals surface area contributed by atoms with Crippen LogP contribution in [0.5, 0.6) is 0 Å². The third-order valence-electron chi connectivity index (χ3n) is 4.28. The van der Waals surface area contributed by atoms with Crippen LogP contribution in [-0.4, -0.2) is 56.6 Å². The van der Waals surface area contributed by atoms with E-state index in [9.17, 15) is 22.4 Å². The lowest BCUT2D eigenvalue weighted by Gasteiger charge is -2.26. The van der Waals surface area contributed by atoms with E-state index in [0.29, 0.717) is 0 Å². The van der Waals surface area contributed by atoms with E-state index in [2.05, 4.69) is 10.6 Å². The lowest BCUT2D eigenvalue weighted by Crippen LogP contribution is -2.41. The summed E-state index contributed by atoms with van der Waals surface area (Å²) in [4.78, 5) is 24.7. The molecule has 2 aromatic rings. The van der Waals surface area contributed by atoms with Crippen molar-refractivity contribution in [2.75, 3.05) is 36.9 Å². The molecule has 174 valence electrons. The molecular formula is C20H24FN3O6S2. The molecule has 2 N–H and O–H groups in total. The Labute approximate surface area is 189 Å². The van der Waals surface area contributed by atoms with Crippen LogP contribution in [-0.2, 0) is 19.5 Å². The Morgan fingerprint density at radius 1 is 1.16 bits per heavy atom. The minimum Gasteiger partial charge on any atom is -0.444 e. The van der Waals surface area contributed by atoms with E-state index in [0.717, 1.165) is 17.4 Å². The zero-order chi connectivity index (χ0) is 23.5. The van der Waals surface area contributed by atoms with Gasteiger partial charge < -0.3 is 14.8 Å². The number of ether oxygens (including phenoxy) is 2. The van der Waals surface area contributed by atoms with Gasteiger partial charge >= 0.3 is 6.09 Å². The van der Waals surface area contributed by atoms with Gasteiger partial charge in [-0.15, -0.1) is 11.3 Å². The highest BCUT2D eigenvalue weighted by Gasteiger charge is 2.31. The minimum absolute atomic E-state index is 0.00229. The number of anilines is 2. The van der Waals surface area contributed by atoms with Crippen molar-refractivity contribution in [3.8, 4) is 0 Å². The van der Waals surface area contributed by atoms with E-state index >= 15 is 0 Å². The van der Waals surface area contributed by atoms with Gasteiger partial charge in [0.15, 0.2) is 0 Å². The van der Waals surface area contributed by atoms with Gasteiger partial charge in [0.2, 0.25) is 10.0 Å². The van der Waals surface area contributed by atoms with Crippen LogP contribution in [0.15, 0.2) is 34.5 Å². The number of hydrogen-bond acceptors (Lipinski definition) is 7. The van der Waals surface area contributed by atoms with Gasteiger partial charge in [0.25, 0.3) is 5.91 Å². The Bertz CT molecular complexity index is 1100. The molecule has 1 aliphatic heterocycles. The number of thiophene rings is 1. The first kappa shape index (κ1) is 24.1. The molecule has 12 heteroatoms. The third kappa shape index (κ3) is 5.82. The predicted molar refractivity (Wildman–Crippen MR) is 118 cm³/mol. The summed E-state index contributed by atoms with van der Waals surface area (Å²) in [5.74, 6) is -1.39. The molecular weight excluding hydrogens is 461 g/mol. The molecule has 1 aromatic carbocycles. The maximum Gasteiger partial charge on any atom is 0.412 e. The van der Waals surface area contributed by atoms with E-state index in [-0.39, 0.29) is 47.5 Å². The minimum atomic E-state index is -3.87. The highest BCUT2D eigenvalue weighted by atomic mass is 32.2. The first-order valence-corrected chi connectivity index (χ1v) is 12.1. The van der Waals surface area contributed by atoms with Crippen molar-refractivity contribution >= 4 is 44.7 Å². The third-order valence-corrected chi connectivity index (χ3v) is 7.27. The quantitative estimate of drug-likeness (QED) is 0.670. The van der Waals surface area contributed by atoms with Crippen LogP contribution in [0.4, 0.5) is 20.6 Å². The fraction of sp³-hybridized carbons (Fsp3) is 0.400. The first-order chi connectivity index (χ1) is 15.0. The second-order valence-corrected chi connectivity index (χ2v) is 10.7. The lowest BCUT2D eigenvalue weighted by atomic mass is 10.2. The smallest absolute Gasteiger partial charge is 0.412 e. The second-order valence-electron chi connectivity index (χ2n) is 7.91. The number of hydrogen-bond donors (Lipinski definition) is 2. The fourth-order valence-corrected chi connectivity index (χ4v) is 5.60. The Kier molecular flexibility index (Phi) is 7.18. The average Bonchev–Trinajstić information content (AvgIpc) is 3.21. The van der Waals surface area contributed by atoms with Gasteiger partial charge in [0.05, 0.1) is 18.9 Å². The van der Waals surface area contributed by atoms with Crippen molar-refractivity contribution in [1.29, 1.82) is 0 Å². The summed E-state index contributed by atoms with van der Waals surface area (Å²) in [5, 5.41) is 6.36. The Balaban J connectivity index is 1.77. The Hall–Kier alpha value is -2.54. The average molecular weight is 486 g/mol. The molecule has 0 aliphatic carbocycles. The largest absolute Gasteiger partial charge is 0.444 e. The second kappa shape index (κ2) is 9.53. The summed E-state index contributed by atoms with van der Waals surface area (Å²) in [5.41, 5.74) is -0.788. The molecule has 1 aromatic heterocycles. The summed E-state index contributed by atoms with van der Waals surface area (Å²) in [6.07, 6.45) is -0.850. The molecule has 0 saturated carbocycles. The number of benzene rings is 1. The van der Waals surface area contributed by atoms with Gasteiger partial charge in [0.1, 0.15) is 21.2 Å². The zero-order valence-corrected chi connectivity index (χ0v) is 19.4. The van der Waals surface area contributed by atoms with Crippen molar-refractivity contribution in [2.24, 2.45) is 0 Å². The number of amides is 2. The summed E-state index contributed by atoms with van der Waals surface area (Å²) >= 11 is 0.979. The van der Waals surface area contributed by atoms with Crippen molar-refractivity contribution < 1.29 is 31.9 Å². The van der Waals surface area contributed by atoms with Gasteiger partial charge in [-0.1, -0.05) is 0 Å². The van der Waals surface area contributed by atoms with E-state index < -0.39 is 33.4 Å². The van der Waals surface area contributed by atoms with Crippen LogP contribution < -0.4 is 10.6 Å². The summed E-state index contributed by atoms with van der Waals surface area (Å²) < 4.78 is 51.6. The van der Waals surface area contributed by atoms with Crippen molar-refractivity contribution in [1.82, 2.24) is 4.31 Å². The monoisotopic (exact) mass is 485 g/mol. The lowest BCUT2D eigenvalue weighted by molar-refractivity contribution is 0.0635. The van der Waals surface area contributed by atoms with E-state index in [1.165, 1.54) is 27.9 Å². The maximum absolute atomic E-state index is 14.1. The maximum atomic E-state index is 14.1. The standard InChI is InChI=1S/C20H24FN3O6S2/c1-20(2,3)30-19(26)23-15-12-13(4-5-14(15)21)22-18(25)17-16(6-11-31-17)32(27,28)24-7-9-29-10-8-24/h4-6,11-12H,7-10H2,1-3H3,(H,22,25)(H,23,26). The van der Waals surface area contributed by atoms with Crippen LogP contribution in [0, 0.1) is 5.82 Å². The van der Waals surface area contributed by atoms with Crippen LogP contribution in [0.1, 0.15) is 30.4 Å². The summed E-state index contributed by atoms with van der Waals surface area (Å²) in [7, 11) is -3.87. The highest BCUT2D eigenvalue weighted by molar-refractivity contribution is 7.89. The van der Waals surface area contributed by atoms with Crippen molar-refractivity contribution in [3.63, 3.8) is 0 Å². The van der Waals surface area contributed by atoms with Crippen LogP contribution in [0.25, 0.3) is 0 Å². The molecule has 0 spiro atoms. The topological polar surface area (TPSA) is 114 Å². The first-order valence-electron chi connectivity index (χ1n) is 9.74. The van der Waals surface area contributed by atoms with E-state index in [1.807, 2.05) is 0 Å². The Morgan fingerprint density at radius 2 is 1.84 bits per heavy atom. The molecule has 1 saturated heterocycles. The van der Waals surface area contributed by atoms with Crippen LogP contribution in [0.3, 0.4) is 0 Å². The number of nitrogens with zero attached hydrogens (tertiary/aromatic N) is 1. The predicted octanol–water partition coefficient (Wildman–Crippen LogP) is 3.51. The van der Waals surface area contributed by atoms with Crippen molar-refractivity contribution in [3.05, 3.63) is 40.3 Å². The van der Waals surface area contributed by atoms with Gasteiger partial charge in [-0.3, -0.25) is 10.1 Å². The molecule has 9 nitrogen and oxygen atoms in total. The van der Waals surface area contributed by atoms with Gasteiger partial charge in [-0.25, -0.2) is 17.6 Å². The SMILES string of the molecule is CC(C)(C)OC(=O)Nc1cc(NC(=O)c2sccc2S(=O)(=O)N2CCOCC2)ccc1F. The molecule has 3 rings (SSSR count). The van der Waals surface area contributed by atoms with E-state index in [4.69, 9.17) is 9.47 Å². The number of sulfonamides is 1. The molecule has 1 aliphatic rings. The van der Waals surface area contributed by atoms with Crippen LogP contribution in [0.2, 0.25) is 0 Å². The molecule has 0 unspecified atom stereocenters. The summed E-state index contributed by atoms with van der Waals surface area (Å²) in [6.45, 7) is 5.99. The Morgan fingerprint density at radius 3 is 2.50 bits per heavy atom. The number of halogens is 1. The molecule has 32 heavy (non-hydrogen) atoms. The van der Waals surface area contributed by atoms with Crippen LogP contribution >= 0.6 is 11.3 Å². The number of carbonyl (C=O) groups is 2. The van der Waals surface area contributed by atoms with Gasteiger partial charge in [-0.05, 0) is 50.4 Å². The zero-order valence-electron chi connectivity index (χ0n) is 17.8. The summed E-state index contributed by atoms with van der Waals surface area (Å²) in [6, 6.07) is 4.98. The number of morpholine rings is 1. The molecule has 0 radical (unpaired) electrons. The molecule has 0 bridgehead atoms.